The molecule has 0 atom stereocenters. The highest BCUT2D eigenvalue weighted by atomic mass is 32.2. The van der Waals surface area contributed by atoms with Crippen LogP contribution in [0.3, 0.4) is 0 Å². The van der Waals surface area contributed by atoms with E-state index in [0.717, 1.165) is 29.4 Å². The molecule has 2 aromatic rings. The Morgan fingerprint density at radius 2 is 1.79 bits per heavy atom. The van der Waals surface area contributed by atoms with Crippen LogP contribution in [0.4, 0.5) is 0 Å². The number of aromatic nitrogens is 3. The molecule has 0 radical (unpaired) electrons. The summed E-state index contributed by atoms with van der Waals surface area (Å²) in [6.07, 6.45) is 5.91. The average molecular weight is 423 g/mol. The Kier molecular flexibility index (Phi) is 6.51. The molecule has 8 heteroatoms. The minimum absolute atomic E-state index is 0.116. The van der Waals surface area contributed by atoms with Gasteiger partial charge in [-0.3, -0.25) is 4.57 Å². The quantitative estimate of drug-likeness (QED) is 0.539. The fourth-order valence-electron chi connectivity index (χ4n) is 3.55. The van der Waals surface area contributed by atoms with Gasteiger partial charge in [0.2, 0.25) is 10.0 Å². The van der Waals surface area contributed by atoms with Crippen LogP contribution in [0.15, 0.2) is 29.4 Å². The zero-order valence-corrected chi connectivity index (χ0v) is 18.7. The number of nitrogens with one attached hydrogen (secondary N) is 1. The van der Waals surface area contributed by atoms with Gasteiger partial charge in [-0.15, -0.1) is 10.2 Å². The molecule has 1 N–H and O–H groups in total. The molecule has 1 aliphatic rings. The monoisotopic (exact) mass is 422 g/mol. The maximum atomic E-state index is 11.3. The van der Waals surface area contributed by atoms with Crippen molar-refractivity contribution in [2.24, 2.45) is 0 Å². The van der Waals surface area contributed by atoms with E-state index in [1.807, 2.05) is 0 Å². The summed E-state index contributed by atoms with van der Waals surface area (Å²) in [6.45, 7) is 7.02. The Balaban J connectivity index is 1.84. The van der Waals surface area contributed by atoms with Crippen LogP contribution < -0.4 is 4.72 Å². The van der Waals surface area contributed by atoms with Crippen molar-refractivity contribution in [3.63, 3.8) is 0 Å². The van der Waals surface area contributed by atoms with Gasteiger partial charge in [-0.2, -0.15) is 0 Å². The zero-order valence-electron chi connectivity index (χ0n) is 17.1. The van der Waals surface area contributed by atoms with Gasteiger partial charge in [-0.1, -0.05) is 69.6 Å². The fraction of sp³-hybridized carbons (Fsp3) is 0.600. The molecule has 1 aliphatic carbocycles. The van der Waals surface area contributed by atoms with E-state index >= 15 is 0 Å². The van der Waals surface area contributed by atoms with Gasteiger partial charge in [-0.25, -0.2) is 13.1 Å². The number of sulfonamides is 1. The number of rotatable bonds is 7. The Labute approximate surface area is 172 Å². The second kappa shape index (κ2) is 8.55. The first kappa shape index (κ1) is 21.3. The SMILES string of the molecule is CC(C)(C)c1ccc(-c2nnc(SCCNS(C)(=O)=O)n2C2CCCC2)cc1. The molecule has 1 aromatic heterocycles. The van der Waals surface area contributed by atoms with Gasteiger partial charge >= 0.3 is 0 Å². The van der Waals surface area contributed by atoms with Crippen LogP contribution in [-0.2, 0) is 15.4 Å². The van der Waals surface area contributed by atoms with Gasteiger partial charge in [-0.05, 0) is 23.8 Å². The summed E-state index contributed by atoms with van der Waals surface area (Å²) in [6, 6.07) is 9.03. The summed E-state index contributed by atoms with van der Waals surface area (Å²) in [5.41, 5.74) is 2.49. The molecule has 0 bridgehead atoms. The zero-order chi connectivity index (χ0) is 20.4. The number of nitrogens with zero attached hydrogens (tertiary/aromatic N) is 3. The van der Waals surface area contributed by atoms with E-state index in [0.29, 0.717) is 18.3 Å². The summed E-state index contributed by atoms with van der Waals surface area (Å²) in [5.74, 6) is 1.53. The maximum absolute atomic E-state index is 11.3. The van der Waals surface area contributed by atoms with E-state index in [1.165, 1.54) is 24.7 Å². The fourth-order valence-corrected chi connectivity index (χ4v) is 5.01. The Hall–Kier alpha value is -1.38. The van der Waals surface area contributed by atoms with Crippen molar-refractivity contribution in [1.82, 2.24) is 19.5 Å². The molecule has 0 aliphatic heterocycles. The average Bonchev–Trinajstić information content (AvgIpc) is 3.26. The molecule has 6 nitrogen and oxygen atoms in total. The lowest BCUT2D eigenvalue weighted by Crippen LogP contribution is -2.24. The molecule has 0 amide bonds. The molecular weight excluding hydrogens is 392 g/mol. The highest BCUT2D eigenvalue weighted by molar-refractivity contribution is 7.99. The third-order valence-electron chi connectivity index (χ3n) is 5.06. The smallest absolute Gasteiger partial charge is 0.208 e. The normalized spacial score (nSPS) is 16.0. The van der Waals surface area contributed by atoms with Crippen molar-refractivity contribution in [2.75, 3.05) is 18.6 Å². The highest BCUT2D eigenvalue weighted by Crippen LogP contribution is 2.37. The van der Waals surface area contributed by atoms with Crippen molar-refractivity contribution in [1.29, 1.82) is 0 Å². The first-order valence-corrected chi connectivity index (χ1v) is 12.7. The van der Waals surface area contributed by atoms with E-state index in [2.05, 4.69) is 64.5 Å². The van der Waals surface area contributed by atoms with Crippen LogP contribution in [0.5, 0.6) is 0 Å². The van der Waals surface area contributed by atoms with Crippen LogP contribution in [0, 0.1) is 0 Å². The lowest BCUT2D eigenvalue weighted by molar-refractivity contribution is 0.485. The summed E-state index contributed by atoms with van der Waals surface area (Å²) in [5, 5.41) is 9.82. The molecule has 1 saturated carbocycles. The van der Waals surface area contributed by atoms with E-state index in [4.69, 9.17) is 0 Å². The first-order valence-electron chi connectivity index (χ1n) is 9.78. The van der Waals surface area contributed by atoms with Crippen LogP contribution in [-0.4, -0.2) is 41.7 Å². The molecule has 0 unspecified atom stereocenters. The largest absolute Gasteiger partial charge is 0.299 e. The Morgan fingerprint density at radius 1 is 1.14 bits per heavy atom. The third-order valence-corrected chi connectivity index (χ3v) is 6.73. The molecular formula is C20H30N4O2S2. The van der Waals surface area contributed by atoms with Gasteiger partial charge in [0.1, 0.15) is 0 Å². The van der Waals surface area contributed by atoms with Gasteiger partial charge < -0.3 is 0 Å². The number of hydrogen-bond acceptors (Lipinski definition) is 5. The molecule has 154 valence electrons. The standard InChI is InChI=1S/C20H30N4O2S2/c1-20(2,3)16-11-9-15(10-12-16)18-22-23-19(24(18)17-7-5-6-8-17)27-14-13-21-28(4,25)26/h9-12,17,21H,5-8,13-14H2,1-4H3. The van der Waals surface area contributed by atoms with Crippen LogP contribution in [0.2, 0.25) is 0 Å². The summed E-state index contributed by atoms with van der Waals surface area (Å²) < 4.78 is 27.3. The summed E-state index contributed by atoms with van der Waals surface area (Å²) in [4.78, 5) is 0. The minimum atomic E-state index is -3.16. The maximum Gasteiger partial charge on any atom is 0.208 e. The van der Waals surface area contributed by atoms with Crippen molar-refractivity contribution in [3.8, 4) is 11.4 Å². The van der Waals surface area contributed by atoms with E-state index in [1.54, 1.807) is 11.8 Å². The second-order valence-electron chi connectivity index (χ2n) is 8.46. The predicted octanol–water partition coefficient (Wildman–Crippen LogP) is 4.00. The van der Waals surface area contributed by atoms with Crippen LogP contribution >= 0.6 is 11.8 Å². The Morgan fingerprint density at radius 3 is 2.36 bits per heavy atom. The molecule has 0 saturated heterocycles. The van der Waals surface area contributed by atoms with Gasteiger partial charge in [0, 0.05) is 23.9 Å². The molecule has 1 fully saturated rings. The highest BCUT2D eigenvalue weighted by Gasteiger charge is 2.25. The molecule has 3 rings (SSSR count). The number of hydrogen-bond donors (Lipinski definition) is 1. The number of benzene rings is 1. The topological polar surface area (TPSA) is 76.9 Å². The summed E-state index contributed by atoms with van der Waals surface area (Å²) in [7, 11) is -3.16. The lowest BCUT2D eigenvalue weighted by Gasteiger charge is -2.20. The van der Waals surface area contributed by atoms with Crippen molar-refractivity contribution in [3.05, 3.63) is 29.8 Å². The Bertz CT molecular complexity index is 893. The molecule has 1 heterocycles. The minimum Gasteiger partial charge on any atom is -0.299 e. The summed E-state index contributed by atoms with van der Waals surface area (Å²) >= 11 is 1.56. The van der Waals surface area contributed by atoms with Gasteiger partial charge in [0.05, 0.1) is 6.26 Å². The lowest BCUT2D eigenvalue weighted by atomic mass is 9.86. The van der Waals surface area contributed by atoms with E-state index in [-0.39, 0.29) is 5.41 Å². The first-order chi connectivity index (χ1) is 13.1. The second-order valence-corrected chi connectivity index (χ2v) is 11.4. The van der Waals surface area contributed by atoms with Crippen LogP contribution in [0.25, 0.3) is 11.4 Å². The van der Waals surface area contributed by atoms with Gasteiger partial charge in [0.15, 0.2) is 11.0 Å². The predicted molar refractivity (Wildman–Crippen MR) is 115 cm³/mol. The van der Waals surface area contributed by atoms with Crippen molar-refractivity contribution >= 4 is 21.8 Å². The molecule has 28 heavy (non-hydrogen) atoms. The van der Waals surface area contributed by atoms with Crippen molar-refractivity contribution < 1.29 is 8.42 Å². The van der Waals surface area contributed by atoms with E-state index in [9.17, 15) is 8.42 Å². The van der Waals surface area contributed by atoms with Gasteiger partial charge in [0.25, 0.3) is 0 Å². The van der Waals surface area contributed by atoms with E-state index < -0.39 is 10.0 Å². The van der Waals surface area contributed by atoms with Crippen LogP contribution in [0.1, 0.15) is 58.1 Å². The van der Waals surface area contributed by atoms with Crippen molar-refractivity contribution in [2.45, 2.75) is 63.1 Å². The third kappa shape index (κ3) is 5.36. The number of thioether (sulfide) groups is 1. The molecule has 0 spiro atoms. The molecule has 1 aromatic carbocycles.